The minimum absolute atomic E-state index is 0.0437. The molecule has 42 heavy (non-hydrogen) atoms. The van der Waals surface area contributed by atoms with Gasteiger partial charge in [-0.15, -0.1) is 0 Å². The number of anilines is 1. The third kappa shape index (κ3) is 7.62. The molecule has 1 aliphatic heterocycles. The van der Waals surface area contributed by atoms with E-state index in [1.54, 1.807) is 45.6 Å². The summed E-state index contributed by atoms with van der Waals surface area (Å²) < 4.78 is 20.8. The van der Waals surface area contributed by atoms with Gasteiger partial charge in [-0.05, 0) is 65.3 Å². The van der Waals surface area contributed by atoms with Crippen LogP contribution < -0.4 is 10.6 Å². The molecule has 0 saturated carbocycles. The Hall–Kier alpha value is -4.48. The number of nitrogens with one attached hydrogen (secondary N) is 2. The first kappa shape index (κ1) is 32.0. The standard InChI is InChI=1S/C30H37FN4O7/c1-6-34(7-2)26(37)21-16-23(28(40)42-30(3,4)5)35(25(21)20-13-8-9-14-22(20)31)24(36)17-32-29(41)33-19-12-10-11-18(15-19)27(38)39/h8-15,21,23,25H,6-7,16-17H2,1-5H3,(H,38,39)(H2,32,33,41). The number of aromatic carboxylic acids is 1. The Labute approximate surface area is 244 Å². The molecule has 3 rings (SSSR count). The van der Waals surface area contributed by atoms with Crippen LogP contribution in [0.25, 0.3) is 0 Å². The fourth-order valence-corrected chi connectivity index (χ4v) is 5.02. The number of hydrogen-bond donors (Lipinski definition) is 3. The number of halogens is 1. The summed E-state index contributed by atoms with van der Waals surface area (Å²) in [6.07, 6.45) is -0.0941. The van der Waals surface area contributed by atoms with Crippen molar-refractivity contribution in [1.82, 2.24) is 15.1 Å². The third-order valence-electron chi connectivity index (χ3n) is 6.84. The Morgan fingerprint density at radius 1 is 1.05 bits per heavy atom. The van der Waals surface area contributed by atoms with E-state index in [2.05, 4.69) is 10.6 Å². The Kier molecular flexibility index (Phi) is 10.3. The Bertz CT molecular complexity index is 1340. The number of carbonyl (C=O) groups excluding carboxylic acids is 4. The van der Waals surface area contributed by atoms with Gasteiger partial charge in [0.25, 0.3) is 0 Å². The van der Waals surface area contributed by atoms with E-state index in [0.717, 1.165) is 4.90 Å². The summed E-state index contributed by atoms with van der Waals surface area (Å²) in [5.41, 5.74) is -0.694. The average Bonchev–Trinajstić information content (AvgIpc) is 3.32. The molecule has 0 bridgehead atoms. The van der Waals surface area contributed by atoms with E-state index in [1.165, 1.54) is 42.5 Å². The van der Waals surface area contributed by atoms with Gasteiger partial charge in [0.05, 0.1) is 24.1 Å². The number of rotatable bonds is 9. The molecule has 1 fully saturated rings. The molecule has 1 heterocycles. The third-order valence-corrected chi connectivity index (χ3v) is 6.84. The van der Waals surface area contributed by atoms with Crippen LogP contribution in [-0.4, -0.2) is 76.0 Å². The number of hydrogen-bond acceptors (Lipinski definition) is 6. The lowest BCUT2D eigenvalue weighted by atomic mass is 9.91. The predicted octanol–water partition coefficient (Wildman–Crippen LogP) is 3.81. The highest BCUT2D eigenvalue weighted by Crippen LogP contribution is 2.43. The van der Waals surface area contributed by atoms with Crippen molar-refractivity contribution < 1.29 is 38.2 Å². The number of amides is 4. The van der Waals surface area contributed by atoms with Gasteiger partial charge in [0.2, 0.25) is 11.8 Å². The number of benzene rings is 2. The van der Waals surface area contributed by atoms with Crippen LogP contribution in [-0.2, 0) is 19.1 Å². The van der Waals surface area contributed by atoms with E-state index in [-0.39, 0.29) is 29.1 Å². The molecule has 0 spiro atoms. The molecule has 4 amide bonds. The van der Waals surface area contributed by atoms with Gasteiger partial charge in [0.1, 0.15) is 17.5 Å². The van der Waals surface area contributed by atoms with Crippen molar-refractivity contribution in [3.05, 3.63) is 65.5 Å². The molecule has 12 heteroatoms. The van der Waals surface area contributed by atoms with Crippen molar-refractivity contribution in [2.75, 3.05) is 25.0 Å². The van der Waals surface area contributed by atoms with Crippen LogP contribution in [0.4, 0.5) is 14.9 Å². The van der Waals surface area contributed by atoms with Gasteiger partial charge in [-0.1, -0.05) is 24.3 Å². The average molecular weight is 585 g/mol. The second-order valence-corrected chi connectivity index (χ2v) is 10.9. The highest BCUT2D eigenvalue weighted by atomic mass is 19.1. The number of carboxylic acids is 1. The van der Waals surface area contributed by atoms with Crippen molar-refractivity contribution in [2.45, 2.75) is 58.7 Å². The van der Waals surface area contributed by atoms with Gasteiger partial charge in [0.15, 0.2) is 0 Å². The zero-order chi connectivity index (χ0) is 31.2. The van der Waals surface area contributed by atoms with E-state index in [1.807, 2.05) is 0 Å². The zero-order valence-electron chi connectivity index (χ0n) is 24.3. The summed E-state index contributed by atoms with van der Waals surface area (Å²) >= 11 is 0. The first-order valence-electron chi connectivity index (χ1n) is 13.7. The van der Waals surface area contributed by atoms with Crippen molar-refractivity contribution in [3.8, 4) is 0 Å². The maximum absolute atomic E-state index is 15.2. The van der Waals surface area contributed by atoms with Crippen molar-refractivity contribution in [1.29, 1.82) is 0 Å². The lowest BCUT2D eigenvalue weighted by Gasteiger charge is -2.33. The van der Waals surface area contributed by atoms with Crippen molar-refractivity contribution in [3.63, 3.8) is 0 Å². The minimum atomic E-state index is -1.22. The quantitative estimate of drug-likeness (QED) is 0.380. The number of esters is 1. The second-order valence-electron chi connectivity index (χ2n) is 10.9. The maximum Gasteiger partial charge on any atom is 0.335 e. The molecular formula is C30H37FN4O7. The fourth-order valence-electron chi connectivity index (χ4n) is 5.02. The summed E-state index contributed by atoms with van der Waals surface area (Å²) in [6, 6.07) is 8.12. The molecule has 0 radical (unpaired) electrons. The molecule has 2 aromatic rings. The van der Waals surface area contributed by atoms with Crippen LogP contribution in [0.15, 0.2) is 48.5 Å². The first-order chi connectivity index (χ1) is 19.8. The summed E-state index contributed by atoms with van der Waals surface area (Å²) in [6.45, 7) is 8.78. The predicted molar refractivity (Wildman–Crippen MR) is 152 cm³/mol. The molecule has 1 saturated heterocycles. The molecule has 3 N–H and O–H groups in total. The van der Waals surface area contributed by atoms with Crippen LogP contribution in [0.5, 0.6) is 0 Å². The zero-order valence-corrected chi connectivity index (χ0v) is 24.3. The number of urea groups is 1. The number of carboxylic acid groups (broad SMARTS) is 1. The van der Waals surface area contributed by atoms with Gasteiger partial charge in [0, 0.05) is 24.3 Å². The first-order valence-corrected chi connectivity index (χ1v) is 13.7. The van der Waals surface area contributed by atoms with Gasteiger partial charge in [-0.25, -0.2) is 18.8 Å². The van der Waals surface area contributed by atoms with Gasteiger partial charge in [-0.2, -0.15) is 0 Å². The van der Waals surface area contributed by atoms with Crippen LogP contribution in [0.2, 0.25) is 0 Å². The molecule has 0 aliphatic carbocycles. The maximum atomic E-state index is 15.2. The highest BCUT2D eigenvalue weighted by Gasteiger charge is 2.52. The summed E-state index contributed by atoms with van der Waals surface area (Å²) in [7, 11) is 0. The van der Waals surface area contributed by atoms with E-state index in [9.17, 15) is 29.1 Å². The molecule has 11 nitrogen and oxygen atoms in total. The normalized spacial score (nSPS) is 18.2. The smallest absolute Gasteiger partial charge is 0.335 e. The van der Waals surface area contributed by atoms with Crippen LogP contribution in [0.1, 0.15) is 63.0 Å². The van der Waals surface area contributed by atoms with Crippen LogP contribution in [0.3, 0.4) is 0 Å². The molecule has 2 aromatic carbocycles. The van der Waals surface area contributed by atoms with Gasteiger partial charge < -0.3 is 30.3 Å². The van der Waals surface area contributed by atoms with Gasteiger partial charge >= 0.3 is 18.0 Å². The monoisotopic (exact) mass is 584 g/mol. The summed E-state index contributed by atoms with van der Waals surface area (Å²) in [5, 5.41) is 14.0. The molecule has 226 valence electrons. The minimum Gasteiger partial charge on any atom is -0.478 e. The van der Waals surface area contributed by atoms with Crippen molar-refractivity contribution >= 4 is 35.5 Å². The van der Waals surface area contributed by atoms with Crippen molar-refractivity contribution in [2.24, 2.45) is 5.92 Å². The van der Waals surface area contributed by atoms with E-state index in [0.29, 0.717) is 13.1 Å². The second kappa shape index (κ2) is 13.5. The van der Waals surface area contributed by atoms with Crippen LogP contribution in [0, 0.1) is 11.7 Å². The largest absolute Gasteiger partial charge is 0.478 e. The lowest BCUT2D eigenvalue weighted by Crippen LogP contribution is -2.49. The Balaban J connectivity index is 1.95. The number of nitrogens with zero attached hydrogens (tertiary/aromatic N) is 2. The molecule has 0 aromatic heterocycles. The van der Waals surface area contributed by atoms with E-state index >= 15 is 4.39 Å². The SMILES string of the molecule is CCN(CC)C(=O)C1CC(C(=O)OC(C)(C)C)N(C(=O)CNC(=O)Nc2cccc(C(=O)O)c2)C1c1ccccc1F. The molecular weight excluding hydrogens is 547 g/mol. The Morgan fingerprint density at radius 3 is 2.31 bits per heavy atom. The fraction of sp³-hybridized carbons (Fsp3) is 0.433. The van der Waals surface area contributed by atoms with Gasteiger partial charge in [-0.3, -0.25) is 9.59 Å². The summed E-state index contributed by atoms with van der Waals surface area (Å²) in [4.78, 5) is 67.4. The summed E-state index contributed by atoms with van der Waals surface area (Å²) in [5.74, 6) is -4.58. The molecule has 3 unspecified atom stereocenters. The molecule has 3 atom stereocenters. The van der Waals surface area contributed by atoms with E-state index < -0.39 is 59.8 Å². The highest BCUT2D eigenvalue weighted by molar-refractivity contribution is 5.96. The Morgan fingerprint density at radius 2 is 1.71 bits per heavy atom. The molecule has 1 aliphatic rings. The van der Waals surface area contributed by atoms with Crippen LogP contribution >= 0.6 is 0 Å². The topological polar surface area (TPSA) is 145 Å². The van der Waals surface area contributed by atoms with E-state index in [4.69, 9.17) is 4.74 Å². The number of ether oxygens (including phenoxy) is 1. The lowest BCUT2D eigenvalue weighted by molar-refractivity contribution is -0.164. The number of likely N-dealkylation sites (tertiary alicyclic amines) is 1. The number of carbonyl (C=O) groups is 5.